The highest BCUT2D eigenvalue weighted by molar-refractivity contribution is 5.93. The first-order valence-corrected chi connectivity index (χ1v) is 5.34. The summed E-state index contributed by atoms with van der Waals surface area (Å²) >= 11 is 0. The molecule has 8 nitrogen and oxygen atoms in total. The zero-order valence-electron chi connectivity index (χ0n) is 9.55. The predicted molar refractivity (Wildman–Crippen MR) is 64.5 cm³/mol. The van der Waals surface area contributed by atoms with Crippen LogP contribution in [0.1, 0.15) is 16.3 Å². The summed E-state index contributed by atoms with van der Waals surface area (Å²) in [6, 6.07) is 3.25. The van der Waals surface area contributed by atoms with Crippen molar-refractivity contribution in [2.24, 2.45) is 5.84 Å². The van der Waals surface area contributed by atoms with Crippen molar-refractivity contribution < 1.29 is 4.79 Å². The molecule has 1 amide bonds. The molecule has 2 aromatic rings. The van der Waals surface area contributed by atoms with E-state index in [9.17, 15) is 4.79 Å². The topological polar surface area (TPSA) is 122 Å². The highest BCUT2D eigenvalue weighted by Gasteiger charge is 2.07. The third-order valence-corrected chi connectivity index (χ3v) is 2.27. The van der Waals surface area contributed by atoms with Gasteiger partial charge in [-0.3, -0.25) is 20.7 Å². The molecule has 0 bridgehead atoms. The molecule has 0 unspecified atom stereocenters. The van der Waals surface area contributed by atoms with Crippen LogP contribution in [0.2, 0.25) is 0 Å². The van der Waals surface area contributed by atoms with Crippen molar-refractivity contribution in [3.05, 3.63) is 36.2 Å². The van der Waals surface area contributed by atoms with Gasteiger partial charge in [0, 0.05) is 19.2 Å². The van der Waals surface area contributed by atoms with Crippen LogP contribution in [-0.2, 0) is 6.42 Å². The number of amides is 1. The van der Waals surface area contributed by atoms with Crippen molar-refractivity contribution in [2.45, 2.75) is 6.42 Å². The summed E-state index contributed by atoms with van der Waals surface area (Å²) < 4.78 is 0. The standard InChI is InChI=1S/C10H13N7O/c11-16-7-1-3-12-8(5-7)10(18)13-4-2-9-14-6-15-17-9/h1,3,5-6H,2,4,11H2,(H,12,16)(H,13,18)(H,14,15,17). The molecule has 2 heterocycles. The Labute approximate surface area is 103 Å². The van der Waals surface area contributed by atoms with Crippen molar-refractivity contribution in [2.75, 3.05) is 12.0 Å². The van der Waals surface area contributed by atoms with E-state index < -0.39 is 0 Å². The SMILES string of the molecule is NNc1ccnc(C(=O)NCCc2ncn[nH]2)c1. The lowest BCUT2D eigenvalue weighted by Gasteiger charge is -2.05. The summed E-state index contributed by atoms with van der Waals surface area (Å²) in [5.74, 6) is 5.72. The van der Waals surface area contributed by atoms with E-state index in [0.717, 1.165) is 5.82 Å². The van der Waals surface area contributed by atoms with Gasteiger partial charge in [-0.25, -0.2) is 4.98 Å². The second-order valence-corrected chi connectivity index (χ2v) is 3.51. The lowest BCUT2D eigenvalue weighted by atomic mass is 10.3. The number of hydrazine groups is 1. The van der Waals surface area contributed by atoms with Gasteiger partial charge < -0.3 is 10.7 Å². The average Bonchev–Trinajstić information content (AvgIpc) is 2.92. The van der Waals surface area contributed by atoms with E-state index in [-0.39, 0.29) is 5.91 Å². The van der Waals surface area contributed by atoms with Gasteiger partial charge in [0.15, 0.2) is 0 Å². The highest BCUT2D eigenvalue weighted by Crippen LogP contribution is 2.05. The third-order valence-electron chi connectivity index (χ3n) is 2.27. The number of nitrogens with zero attached hydrogens (tertiary/aromatic N) is 3. The second kappa shape index (κ2) is 5.73. The smallest absolute Gasteiger partial charge is 0.269 e. The van der Waals surface area contributed by atoms with Crippen molar-refractivity contribution >= 4 is 11.6 Å². The minimum absolute atomic E-state index is 0.258. The van der Waals surface area contributed by atoms with Crippen LogP contribution in [0.25, 0.3) is 0 Å². The molecule has 8 heteroatoms. The Kier molecular flexibility index (Phi) is 3.82. The Bertz CT molecular complexity index is 511. The fourth-order valence-corrected chi connectivity index (χ4v) is 1.38. The molecule has 0 radical (unpaired) electrons. The van der Waals surface area contributed by atoms with Gasteiger partial charge >= 0.3 is 0 Å². The van der Waals surface area contributed by atoms with E-state index in [0.29, 0.717) is 24.3 Å². The number of pyridine rings is 1. The first-order chi connectivity index (χ1) is 8.79. The monoisotopic (exact) mass is 247 g/mol. The van der Waals surface area contributed by atoms with Gasteiger partial charge in [0.1, 0.15) is 17.8 Å². The number of nitrogen functional groups attached to an aromatic ring is 1. The molecule has 0 aliphatic heterocycles. The van der Waals surface area contributed by atoms with Gasteiger partial charge in [-0.05, 0) is 12.1 Å². The number of anilines is 1. The third kappa shape index (κ3) is 3.01. The van der Waals surface area contributed by atoms with E-state index in [1.807, 2.05) is 0 Å². The largest absolute Gasteiger partial charge is 0.350 e. The number of hydrogen-bond acceptors (Lipinski definition) is 6. The lowest BCUT2D eigenvalue weighted by Crippen LogP contribution is -2.27. The van der Waals surface area contributed by atoms with Gasteiger partial charge in [0.2, 0.25) is 0 Å². The number of carbonyl (C=O) groups excluding carboxylic acids is 1. The van der Waals surface area contributed by atoms with E-state index in [1.54, 1.807) is 12.1 Å². The quantitative estimate of drug-likeness (QED) is 0.416. The molecule has 0 saturated heterocycles. The molecular weight excluding hydrogens is 234 g/mol. The number of nitrogens with two attached hydrogens (primary N) is 1. The number of nitrogens with one attached hydrogen (secondary N) is 3. The second-order valence-electron chi connectivity index (χ2n) is 3.51. The van der Waals surface area contributed by atoms with Crippen LogP contribution in [0.4, 0.5) is 5.69 Å². The molecule has 2 rings (SSSR count). The van der Waals surface area contributed by atoms with Gasteiger partial charge in [-0.1, -0.05) is 0 Å². The van der Waals surface area contributed by atoms with E-state index in [2.05, 4.69) is 30.9 Å². The number of aromatic nitrogens is 4. The van der Waals surface area contributed by atoms with Gasteiger partial charge in [-0.2, -0.15) is 5.10 Å². The maximum absolute atomic E-state index is 11.8. The Morgan fingerprint density at radius 2 is 2.33 bits per heavy atom. The van der Waals surface area contributed by atoms with E-state index in [4.69, 9.17) is 5.84 Å². The summed E-state index contributed by atoms with van der Waals surface area (Å²) in [4.78, 5) is 19.7. The number of H-pyrrole nitrogens is 1. The fourth-order valence-electron chi connectivity index (χ4n) is 1.38. The predicted octanol–water partition coefficient (Wildman–Crippen LogP) is -0.542. The Hall–Kier alpha value is -2.48. The molecule has 5 N–H and O–H groups in total. The minimum Gasteiger partial charge on any atom is -0.350 e. The Morgan fingerprint density at radius 1 is 1.44 bits per heavy atom. The first kappa shape index (κ1) is 12.0. The first-order valence-electron chi connectivity index (χ1n) is 5.34. The summed E-state index contributed by atoms with van der Waals surface area (Å²) in [6.45, 7) is 0.454. The Morgan fingerprint density at radius 3 is 3.06 bits per heavy atom. The highest BCUT2D eigenvalue weighted by atomic mass is 16.1. The molecule has 0 atom stereocenters. The maximum Gasteiger partial charge on any atom is 0.269 e. The molecule has 94 valence electrons. The molecule has 2 aromatic heterocycles. The molecular formula is C10H13N7O. The zero-order valence-corrected chi connectivity index (χ0v) is 9.55. The Balaban J connectivity index is 1.87. The van der Waals surface area contributed by atoms with Crippen LogP contribution in [0.5, 0.6) is 0 Å². The fraction of sp³-hybridized carbons (Fsp3) is 0.200. The van der Waals surface area contributed by atoms with Crippen molar-refractivity contribution in [3.63, 3.8) is 0 Å². The average molecular weight is 247 g/mol. The zero-order chi connectivity index (χ0) is 12.8. The molecule has 0 fully saturated rings. The van der Waals surface area contributed by atoms with Crippen molar-refractivity contribution in [1.82, 2.24) is 25.5 Å². The molecule has 0 aromatic carbocycles. The van der Waals surface area contributed by atoms with Crippen molar-refractivity contribution in [1.29, 1.82) is 0 Å². The van der Waals surface area contributed by atoms with Crippen LogP contribution in [0.15, 0.2) is 24.7 Å². The normalized spacial score (nSPS) is 10.1. The molecule has 0 aliphatic carbocycles. The van der Waals surface area contributed by atoms with Gasteiger partial charge in [-0.15, -0.1) is 0 Å². The summed E-state index contributed by atoms with van der Waals surface area (Å²) in [6.07, 6.45) is 3.52. The lowest BCUT2D eigenvalue weighted by molar-refractivity contribution is 0.0949. The van der Waals surface area contributed by atoms with E-state index >= 15 is 0 Å². The van der Waals surface area contributed by atoms with Crippen LogP contribution >= 0.6 is 0 Å². The number of carbonyl (C=O) groups is 1. The number of rotatable bonds is 5. The summed E-state index contributed by atoms with van der Waals surface area (Å²) in [5, 5.41) is 9.16. The summed E-state index contributed by atoms with van der Waals surface area (Å²) in [7, 11) is 0. The van der Waals surface area contributed by atoms with Crippen LogP contribution in [0.3, 0.4) is 0 Å². The summed E-state index contributed by atoms with van der Waals surface area (Å²) in [5.41, 5.74) is 3.40. The van der Waals surface area contributed by atoms with Crippen LogP contribution in [0, 0.1) is 0 Å². The molecule has 0 spiro atoms. The van der Waals surface area contributed by atoms with Crippen LogP contribution < -0.4 is 16.6 Å². The van der Waals surface area contributed by atoms with Crippen molar-refractivity contribution in [3.8, 4) is 0 Å². The van der Waals surface area contributed by atoms with Crippen LogP contribution in [-0.4, -0.2) is 32.6 Å². The number of aromatic amines is 1. The molecule has 0 saturated carbocycles. The maximum atomic E-state index is 11.8. The van der Waals surface area contributed by atoms with E-state index in [1.165, 1.54) is 12.5 Å². The van der Waals surface area contributed by atoms with Gasteiger partial charge in [0.05, 0.1) is 5.69 Å². The molecule has 0 aliphatic rings. The number of hydrogen-bond donors (Lipinski definition) is 4. The minimum atomic E-state index is -0.258. The molecule has 18 heavy (non-hydrogen) atoms. The van der Waals surface area contributed by atoms with Gasteiger partial charge in [0.25, 0.3) is 5.91 Å².